The molecule has 16 rings (SSSR count). The maximum atomic E-state index is 14.5. The number of aliphatic imine (C=N–C) groups is 4. The fraction of sp³-hybridized carbons (Fsp3) is 0.0882. The van der Waals surface area contributed by atoms with Gasteiger partial charge in [-0.1, -0.05) is 5.04 Å². The molecule has 0 radical (unpaired) electrons. The van der Waals surface area contributed by atoms with Gasteiger partial charge in [0.1, 0.15) is 0 Å². The molecule has 4 aliphatic rings. The van der Waals surface area contributed by atoms with Crippen molar-refractivity contribution in [3.05, 3.63) is 185 Å². The third-order valence-electron chi connectivity index (χ3n) is 17.6. The van der Waals surface area contributed by atoms with Crippen molar-refractivity contribution < 1.29 is 280 Å². The van der Waals surface area contributed by atoms with E-state index in [9.17, 15) is 49.4 Å². The van der Waals surface area contributed by atoms with Gasteiger partial charge in [0.2, 0.25) is 0 Å². The van der Waals surface area contributed by atoms with Crippen LogP contribution in [-0.4, -0.2) is 119 Å². The van der Waals surface area contributed by atoms with E-state index in [0.29, 0.717) is 112 Å². The van der Waals surface area contributed by atoms with E-state index in [1.165, 1.54) is 47.6 Å². The third-order valence-corrected chi connectivity index (χ3v) is 30.3. The minimum absolute atomic E-state index is 0. The van der Waals surface area contributed by atoms with Crippen molar-refractivity contribution in [2.75, 3.05) is 13.2 Å². The molecule has 0 saturated carbocycles. The average Bonchev–Trinajstić information content (AvgIpc) is 1.53. The minimum Gasteiger partial charge on any atom is -1.00 e. The number of unbranched alkanes of at least 4 members (excludes halogenated alkanes) is 1. The molecule has 534 valence electrons. The molecule has 0 atom stereocenters. The molecule has 0 unspecified atom stereocenters. The van der Waals surface area contributed by atoms with Crippen LogP contribution in [0.1, 0.15) is 57.5 Å². The molecule has 0 spiro atoms. The Hall–Kier alpha value is -2.99. The van der Waals surface area contributed by atoms with E-state index in [1.807, 2.05) is 31.2 Å². The first kappa shape index (κ1) is 89.4. The first-order valence-electron chi connectivity index (χ1n) is 30.9. The molecule has 4 aliphatic heterocycles. The second-order valence-corrected chi connectivity index (χ2v) is 36.1. The zero-order valence-electron chi connectivity index (χ0n) is 65.2. The first-order valence-corrected chi connectivity index (χ1v) is 41.7. The van der Waals surface area contributed by atoms with Crippen molar-refractivity contribution in [3.63, 3.8) is 0 Å². The topological polar surface area (TPSA) is 391 Å². The molecule has 6 heterocycles. The molecule has 110 heavy (non-hydrogen) atoms. The standard InChI is InChI=1S/C68H44N8O17S5.In.6Na.H2O4S.6H/c1-3-5-25-86-59-47-9-7-8-10-48(47)60(87-26-6-4-2)58-57(59)67-74-64-51-32-38-28-42(96-93-90-79)19-23-45(38)53(34-11-16-40(17-12-34)94-91-88-77)55(51)65(73-64)71-62-50-31-37-27-41(95-92-89-78)18-13-36(37)30-49(50)61(69-62)70-63-52-33-39-29-44(98(83,84)85)22-24-46(39)54(56(52)66(72-63)75-68(58)76-67)35-14-20-43(21-15-35)97(80,81)82;;;;;;;;1-5(2,3)4;;;;;;/h7-24,27-33H,4,6,25-26H2,1-2H3,(H5-2,69,70,71,72,73,74,75,76,77,78,79,80,81,82,83,84,85);;;;;;;;(H2,1,2,3,4);;;;;;/q-2;+3;6*+1;;6*-1/p-1. The normalized spacial score (nSPS) is 13.1. The Morgan fingerprint density at radius 2 is 0.927 bits per heavy atom. The summed E-state index contributed by atoms with van der Waals surface area (Å²) in [6.07, 6.45) is 1.20. The summed E-state index contributed by atoms with van der Waals surface area (Å²) in [6.45, 7) is 3.51. The van der Waals surface area contributed by atoms with Crippen molar-refractivity contribution in [1.82, 2.24) is 5.11 Å². The van der Waals surface area contributed by atoms with Crippen LogP contribution in [0.2, 0.25) is 0 Å². The second kappa shape index (κ2) is 36.9. The van der Waals surface area contributed by atoms with E-state index in [2.05, 4.69) is 27.0 Å². The number of hydrogen-bond acceptors (Lipinski definition) is 27. The minimum atomic E-state index is -5.99. The molecule has 10 aromatic carbocycles. The van der Waals surface area contributed by atoms with Crippen LogP contribution in [0, 0.1) is 11.8 Å². The zero-order valence-corrected chi connectivity index (χ0v) is 79.4. The van der Waals surface area contributed by atoms with Gasteiger partial charge in [0.25, 0.3) is 0 Å². The maximum Gasteiger partial charge on any atom is 1.00 e. The molecular weight excluding hydrogens is 1710 g/mol. The summed E-state index contributed by atoms with van der Waals surface area (Å²) in [7, 11) is -15.3. The predicted molar refractivity (Wildman–Crippen MR) is 392 cm³/mol. The summed E-state index contributed by atoms with van der Waals surface area (Å²) in [4.78, 5) is 33.5. The molecule has 6 N–H and O–H groups in total. The Bertz CT molecular complexity index is 6510. The van der Waals surface area contributed by atoms with Crippen molar-refractivity contribution in [2.45, 2.75) is 51.2 Å². The quantitative estimate of drug-likeness (QED) is 0.00755. The fourth-order valence-corrected chi connectivity index (χ4v) is 24.5. The molecule has 0 saturated heterocycles. The van der Waals surface area contributed by atoms with Crippen LogP contribution in [0.4, 0.5) is 11.6 Å². The van der Waals surface area contributed by atoms with Crippen molar-refractivity contribution in [2.24, 2.45) is 30.0 Å². The Kier molecular flexibility index (Phi) is 30.0. The molecule has 6 bridgehead atoms. The van der Waals surface area contributed by atoms with Crippen LogP contribution >= 0.6 is 36.1 Å². The molecule has 0 fully saturated rings. The summed E-state index contributed by atoms with van der Waals surface area (Å²) >= 11 is -3.87. The SMILES string of the molecule is CC#CCOc1c2ccccc2c(OCCCC)c2c3[n]4c(c12)=NC1=NC(=Nc2c5cc6cc(SOOO)ccc6cc5c([n]2[In]4[O]S(=O)(=O)O)N=C2N=C(N=3)c3c2cc2cc(S(=O)(=O)O)ccc2c3-c2ccc(S(=O)(=O)O)cc2)c2c1cc1cc(SOOO)ccc1c2-c1ccc(SOOO)cc1.[H-].[H-].[H-].[H-].[H-].[H-].[Na+].[Na+].[Na+].[Na+].[Na+].[Na+]. The van der Waals surface area contributed by atoms with Gasteiger partial charge in [-0.2, -0.15) is 0 Å². The second-order valence-electron chi connectivity index (χ2n) is 23.4. The number of aromatic nitrogens is 2. The van der Waals surface area contributed by atoms with Crippen molar-refractivity contribution in [3.8, 4) is 45.6 Å². The van der Waals surface area contributed by atoms with Crippen LogP contribution < -0.4 is 198 Å². The van der Waals surface area contributed by atoms with E-state index in [1.54, 1.807) is 91.9 Å². The smallest absolute Gasteiger partial charge is 1.00 e. The number of amidine groups is 4. The van der Waals surface area contributed by atoms with Crippen LogP contribution in [-0.2, 0) is 61.1 Å². The third kappa shape index (κ3) is 17.1. The summed E-state index contributed by atoms with van der Waals surface area (Å²) in [5.41, 5.74) is 2.49. The summed E-state index contributed by atoms with van der Waals surface area (Å²) < 4.78 is 151. The van der Waals surface area contributed by atoms with Gasteiger partial charge >= 0.3 is 775 Å². The molecule has 0 aliphatic carbocycles. The Balaban J connectivity index is 0.00000236. The first-order chi connectivity index (χ1) is 50.2. The Morgan fingerprint density at radius 3 is 1.48 bits per heavy atom. The van der Waals surface area contributed by atoms with Crippen molar-refractivity contribution >= 4 is 189 Å². The van der Waals surface area contributed by atoms with Crippen LogP contribution in [0.3, 0.4) is 0 Å². The van der Waals surface area contributed by atoms with E-state index in [4.69, 9.17) is 60.0 Å². The van der Waals surface area contributed by atoms with Crippen molar-refractivity contribution in [1.29, 1.82) is 0 Å². The van der Waals surface area contributed by atoms with Gasteiger partial charge in [-0.25, -0.2) is 10.5 Å². The van der Waals surface area contributed by atoms with E-state index in [-0.39, 0.29) is 306 Å². The van der Waals surface area contributed by atoms with Gasteiger partial charge in [0.15, 0.2) is 0 Å². The Morgan fingerprint density at radius 1 is 0.464 bits per heavy atom. The number of ether oxygens (including phenoxy) is 2. The number of fused-ring (bicyclic) bond motifs is 18. The van der Waals surface area contributed by atoms with E-state index in [0.717, 1.165) is 12.0 Å². The van der Waals surface area contributed by atoms with Gasteiger partial charge < -0.3 is 8.56 Å². The summed E-state index contributed by atoms with van der Waals surface area (Å²) in [5.74, 6) is 5.85. The van der Waals surface area contributed by atoms with Gasteiger partial charge in [-0.3, -0.25) is 0 Å². The maximum absolute atomic E-state index is 14.5. The molecule has 12 aromatic rings. The number of benzene rings is 10. The van der Waals surface area contributed by atoms with Gasteiger partial charge in [-0.05, 0) is 0 Å². The van der Waals surface area contributed by atoms with Gasteiger partial charge in [0.05, 0.1) is 0 Å². The van der Waals surface area contributed by atoms with Crippen LogP contribution in [0.25, 0.3) is 86.9 Å². The monoisotopic (exact) mass is 1760 g/mol. The largest absolute Gasteiger partial charge is 1.00 e. The predicted octanol–water partition coefficient (Wildman–Crippen LogP) is -4.25. The van der Waals surface area contributed by atoms with E-state index < -0.39 is 62.9 Å². The summed E-state index contributed by atoms with van der Waals surface area (Å²) in [6, 6.07) is 40.7. The molecule has 42 heteroatoms. The van der Waals surface area contributed by atoms with Crippen LogP contribution in [0.15, 0.2) is 206 Å². The fourth-order valence-electron chi connectivity index (χ4n) is 13.4. The summed E-state index contributed by atoms with van der Waals surface area (Å²) in [5, 5.41) is 44.2. The van der Waals surface area contributed by atoms with Crippen LogP contribution in [0.5, 0.6) is 11.5 Å². The van der Waals surface area contributed by atoms with Gasteiger partial charge in [-0.15, -0.1) is 0 Å². The average molecular weight is 1760 g/mol. The molecule has 2 aromatic heterocycles. The molecule has 29 nitrogen and oxygen atoms in total. The number of rotatable bonds is 21. The number of nitrogens with zero attached hydrogens (tertiary/aromatic N) is 8. The van der Waals surface area contributed by atoms with Gasteiger partial charge in [0, 0.05) is 0 Å². The van der Waals surface area contributed by atoms with E-state index >= 15 is 0 Å². The zero-order chi connectivity index (χ0) is 72.1. The number of hydrogen-bond donors (Lipinski definition) is 6. The molecule has 0 amide bonds. The Labute approximate surface area is 788 Å². The molecular formula is C68H51InN8Na6O21S6.